The summed E-state index contributed by atoms with van der Waals surface area (Å²) in [5.74, 6) is 2.05. The summed E-state index contributed by atoms with van der Waals surface area (Å²) in [4.78, 5) is 29.6. The molecule has 2 fully saturated rings. The number of anilines is 2. The normalized spacial score (nSPS) is 19.2. The van der Waals surface area contributed by atoms with Crippen molar-refractivity contribution in [2.45, 2.75) is 38.6 Å². The molecule has 1 aromatic heterocycles. The minimum atomic E-state index is 0.0993. The number of carbonyl (C=O) groups excluding carboxylic acids is 1. The minimum Gasteiger partial charge on any atom is -0.356 e. The fourth-order valence-electron chi connectivity index (χ4n) is 4.57. The lowest BCUT2D eigenvalue weighted by molar-refractivity contribution is 0.0733. The summed E-state index contributed by atoms with van der Waals surface area (Å²) in [6, 6.07) is 9.58. The van der Waals surface area contributed by atoms with Gasteiger partial charge in [-0.1, -0.05) is 18.2 Å². The van der Waals surface area contributed by atoms with Crippen LogP contribution in [-0.2, 0) is 13.0 Å². The monoisotopic (exact) mass is 377 g/mol. The number of amides is 1. The van der Waals surface area contributed by atoms with Gasteiger partial charge in [-0.3, -0.25) is 4.79 Å². The van der Waals surface area contributed by atoms with Gasteiger partial charge in [0.05, 0.1) is 12.2 Å². The molecule has 2 aromatic rings. The number of benzene rings is 1. The van der Waals surface area contributed by atoms with E-state index in [0.717, 1.165) is 67.7 Å². The molecule has 0 aliphatic carbocycles. The van der Waals surface area contributed by atoms with Crippen LogP contribution in [0.3, 0.4) is 0 Å². The fourth-order valence-corrected chi connectivity index (χ4v) is 4.57. The van der Waals surface area contributed by atoms with E-state index in [2.05, 4.69) is 9.80 Å². The average molecular weight is 377 g/mol. The van der Waals surface area contributed by atoms with Gasteiger partial charge in [-0.25, -0.2) is 4.98 Å². The van der Waals surface area contributed by atoms with E-state index in [1.54, 1.807) is 0 Å². The molecule has 6 nitrogen and oxygen atoms in total. The van der Waals surface area contributed by atoms with Gasteiger partial charge in [0.15, 0.2) is 0 Å². The summed E-state index contributed by atoms with van der Waals surface area (Å²) in [5, 5.41) is 0. The van der Waals surface area contributed by atoms with Gasteiger partial charge in [0.1, 0.15) is 5.82 Å². The Hall–Kier alpha value is -2.63. The largest absolute Gasteiger partial charge is 0.356 e. The van der Waals surface area contributed by atoms with Crippen molar-refractivity contribution >= 4 is 17.7 Å². The molecule has 0 spiro atoms. The number of carbonyl (C=O) groups is 1. The number of rotatable bonds is 3. The standard InChI is InChI=1S/C22H27N5O/c28-21(17-8-2-1-3-9-17)27-15-10-19-18(16-27)20(25-11-4-5-12-25)24-22(23-19)26-13-6-7-14-26/h1-3,8-9H,4-7,10-16H2. The first-order chi connectivity index (χ1) is 13.8. The van der Waals surface area contributed by atoms with Gasteiger partial charge in [-0.2, -0.15) is 4.98 Å². The molecule has 3 aliphatic heterocycles. The zero-order valence-electron chi connectivity index (χ0n) is 16.3. The van der Waals surface area contributed by atoms with Crippen LogP contribution in [0.25, 0.3) is 0 Å². The van der Waals surface area contributed by atoms with E-state index in [1.807, 2.05) is 35.2 Å². The fraction of sp³-hybridized carbons (Fsp3) is 0.500. The van der Waals surface area contributed by atoms with Crippen LogP contribution in [0.2, 0.25) is 0 Å². The van der Waals surface area contributed by atoms with Gasteiger partial charge in [0, 0.05) is 50.3 Å². The Kier molecular flexibility index (Phi) is 4.63. The molecular formula is C22H27N5O. The van der Waals surface area contributed by atoms with E-state index >= 15 is 0 Å². The van der Waals surface area contributed by atoms with Crippen LogP contribution < -0.4 is 9.80 Å². The molecular weight excluding hydrogens is 350 g/mol. The SMILES string of the molecule is O=C(c1ccccc1)N1CCc2nc(N3CCCC3)nc(N3CCCC3)c2C1. The second-order valence-electron chi connectivity index (χ2n) is 8.00. The topological polar surface area (TPSA) is 52.6 Å². The Labute approximate surface area is 166 Å². The number of aromatic nitrogens is 2. The molecule has 4 heterocycles. The highest BCUT2D eigenvalue weighted by Crippen LogP contribution is 2.32. The van der Waals surface area contributed by atoms with Crippen molar-refractivity contribution in [1.82, 2.24) is 14.9 Å². The maximum atomic E-state index is 13.0. The maximum Gasteiger partial charge on any atom is 0.254 e. The Balaban J connectivity index is 1.48. The van der Waals surface area contributed by atoms with E-state index in [-0.39, 0.29) is 5.91 Å². The van der Waals surface area contributed by atoms with Crippen LogP contribution in [0.1, 0.15) is 47.3 Å². The van der Waals surface area contributed by atoms with Crippen molar-refractivity contribution in [1.29, 1.82) is 0 Å². The zero-order chi connectivity index (χ0) is 18.9. The average Bonchev–Trinajstić information content (AvgIpc) is 3.47. The molecule has 0 atom stereocenters. The van der Waals surface area contributed by atoms with Crippen molar-refractivity contribution in [2.24, 2.45) is 0 Å². The highest BCUT2D eigenvalue weighted by atomic mass is 16.2. The Morgan fingerprint density at radius 3 is 2.21 bits per heavy atom. The van der Waals surface area contributed by atoms with E-state index in [4.69, 9.17) is 9.97 Å². The van der Waals surface area contributed by atoms with E-state index in [9.17, 15) is 4.79 Å². The second kappa shape index (κ2) is 7.41. The smallest absolute Gasteiger partial charge is 0.254 e. The molecule has 1 aromatic carbocycles. The van der Waals surface area contributed by atoms with Crippen LogP contribution >= 0.6 is 0 Å². The number of hydrogen-bond acceptors (Lipinski definition) is 5. The van der Waals surface area contributed by atoms with Crippen molar-refractivity contribution in [3.05, 3.63) is 47.2 Å². The molecule has 0 unspecified atom stereocenters. The van der Waals surface area contributed by atoms with E-state index in [1.165, 1.54) is 25.7 Å². The summed E-state index contributed by atoms with van der Waals surface area (Å²) in [5.41, 5.74) is 3.04. The summed E-state index contributed by atoms with van der Waals surface area (Å²) in [7, 11) is 0. The van der Waals surface area contributed by atoms with E-state index < -0.39 is 0 Å². The lowest BCUT2D eigenvalue weighted by Gasteiger charge is -2.32. The Bertz CT molecular complexity index is 857. The van der Waals surface area contributed by atoms with Crippen LogP contribution in [0.5, 0.6) is 0 Å². The molecule has 2 saturated heterocycles. The summed E-state index contributed by atoms with van der Waals surface area (Å²) < 4.78 is 0. The molecule has 1 amide bonds. The van der Waals surface area contributed by atoms with Gasteiger partial charge in [0.2, 0.25) is 5.95 Å². The summed E-state index contributed by atoms with van der Waals surface area (Å²) >= 11 is 0. The maximum absolute atomic E-state index is 13.0. The molecule has 0 N–H and O–H groups in total. The third-order valence-electron chi connectivity index (χ3n) is 6.13. The quantitative estimate of drug-likeness (QED) is 0.823. The molecule has 0 bridgehead atoms. The summed E-state index contributed by atoms with van der Waals surface area (Å²) in [6.07, 6.45) is 5.67. The number of hydrogen-bond donors (Lipinski definition) is 0. The van der Waals surface area contributed by atoms with Crippen molar-refractivity contribution < 1.29 is 4.79 Å². The van der Waals surface area contributed by atoms with Gasteiger partial charge in [0.25, 0.3) is 5.91 Å². The first-order valence-electron chi connectivity index (χ1n) is 10.5. The first kappa shape index (κ1) is 17.5. The van der Waals surface area contributed by atoms with Crippen LogP contribution in [-0.4, -0.2) is 53.5 Å². The molecule has 5 rings (SSSR count). The van der Waals surface area contributed by atoms with Crippen molar-refractivity contribution in [3.8, 4) is 0 Å². The highest BCUT2D eigenvalue weighted by molar-refractivity contribution is 5.94. The molecule has 3 aliphatic rings. The van der Waals surface area contributed by atoms with Gasteiger partial charge < -0.3 is 14.7 Å². The van der Waals surface area contributed by atoms with Crippen LogP contribution in [0.15, 0.2) is 30.3 Å². The predicted molar refractivity (Wildman–Crippen MR) is 110 cm³/mol. The zero-order valence-corrected chi connectivity index (χ0v) is 16.3. The minimum absolute atomic E-state index is 0.0993. The molecule has 0 saturated carbocycles. The highest BCUT2D eigenvalue weighted by Gasteiger charge is 2.30. The third kappa shape index (κ3) is 3.21. The van der Waals surface area contributed by atoms with Crippen LogP contribution in [0, 0.1) is 0 Å². The molecule has 0 radical (unpaired) electrons. The van der Waals surface area contributed by atoms with Gasteiger partial charge in [-0.05, 0) is 37.8 Å². The van der Waals surface area contributed by atoms with E-state index in [0.29, 0.717) is 6.54 Å². The van der Waals surface area contributed by atoms with Crippen molar-refractivity contribution in [3.63, 3.8) is 0 Å². The van der Waals surface area contributed by atoms with Crippen LogP contribution in [0.4, 0.5) is 11.8 Å². The number of fused-ring (bicyclic) bond motifs is 1. The molecule has 6 heteroatoms. The molecule has 28 heavy (non-hydrogen) atoms. The lowest BCUT2D eigenvalue weighted by Crippen LogP contribution is -2.38. The Morgan fingerprint density at radius 1 is 0.821 bits per heavy atom. The third-order valence-corrected chi connectivity index (χ3v) is 6.13. The van der Waals surface area contributed by atoms with Gasteiger partial charge in [-0.15, -0.1) is 0 Å². The first-order valence-corrected chi connectivity index (χ1v) is 10.5. The Morgan fingerprint density at radius 2 is 1.50 bits per heavy atom. The van der Waals surface area contributed by atoms with Gasteiger partial charge >= 0.3 is 0 Å². The second-order valence-corrected chi connectivity index (χ2v) is 8.00. The van der Waals surface area contributed by atoms with Crippen molar-refractivity contribution in [2.75, 3.05) is 42.5 Å². The molecule has 146 valence electrons. The predicted octanol–water partition coefficient (Wildman–Crippen LogP) is 2.88. The number of nitrogens with zero attached hydrogens (tertiary/aromatic N) is 5. The lowest BCUT2D eigenvalue weighted by atomic mass is 10.0. The summed E-state index contributed by atoms with van der Waals surface area (Å²) in [6.45, 7) is 5.53.